The largest absolute Gasteiger partial charge is 0.392 e. The number of thiol groups is 2. The normalized spacial score (nSPS) is 9.00. The Bertz CT molecular complexity index is 315. The Morgan fingerprint density at radius 1 is 1.31 bits per heavy atom. The summed E-state index contributed by atoms with van der Waals surface area (Å²) in [6, 6.07) is 6.18. The number of aliphatic hydroxyl groups excluding tert-OH is 1. The van der Waals surface area contributed by atoms with E-state index in [-0.39, 0.29) is 12.2 Å². The minimum Gasteiger partial charge on any atom is -0.392 e. The molecule has 0 unspecified atom stereocenters. The summed E-state index contributed by atoms with van der Waals surface area (Å²) in [6.45, 7) is -0.146. The van der Waals surface area contributed by atoms with Gasteiger partial charge in [-0.2, -0.15) is 30.5 Å². The van der Waals surface area contributed by atoms with Crippen LogP contribution >= 0.6 is 25.3 Å². The third-order valence-corrected chi connectivity index (χ3v) is 2.33. The maximum Gasteiger partial charge on any atom is 0.372 e. The van der Waals surface area contributed by atoms with E-state index < -0.39 is 5.97 Å². The van der Waals surface area contributed by atoms with E-state index in [4.69, 9.17) is 10.4 Å². The molecule has 0 atom stereocenters. The number of rotatable bonds is 3. The Hall–Kier alpha value is -0.690. The van der Waals surface area contributed by atoms with Crippen molar-refractivity contribution in [1.82, 2.24) is 0 Å². The summed E-state index contributed by atoms with van der Waals surface area (Å²) in [4.78, 5) is 14.2. The molecule has 6 heteroatoms. The van der Waals surface area contributed by atoms with Gasteiger partial charge in [-0.25, -0.2) is 4.79 Å². The van der Waals surface area contributed by atoms with Crippen LogP contribution in [0.4, 0.5) is 0 Å². The Kier molecular flexibility index (Phi) is 9.12. The fourth-order valence-electron chi connectivity index (χ4n) is 0.849. The summed E-state index contributed by atoms with van der Waals surface area (Å²) in [5, 5.41) is 16.7. The first-order valence-corrected chi connectivity index (χ1v) is 5.73. The van der Waals surface area contributed by atoms with Crippen molar-refractivity contribution in [2.75, 3.05) is 11.5 Å². The molecule has 0 bridgehead atoms. The molecule has 0 aliphatic heterocycles. The third-order valence-electron chi connectivity index (χ3n) is 1.53. The van der Waals surface area contributed by atoms with Crippen molar-refractivity contribution in [3.8, 4) is 0 Å². The highest BCUT2D eigenvalue weighted by atomic mass is 32.1. The smallest absolute Gasteiger partial charge is 0.372 e. The number of benzene rings is 1. The van der Waals surface area contributed by atoms with Crippen LogP contribution in [0.5, 0.6) is 0 Å². The van der Waals surface area contributed by atoms with Gasteiger partial charge in [-0.1, -0.05) is 12.1 Å². The van der Waals surface area contributed by atoms with Gasteiger partial charge in [0.1, 0.15) is 0 Å². The van der Waals surface area contributed by atoms with Gasteiger partial charge in [0.15, 0.2) is 0 Å². The molecule has 0 aliphatic rings. The van der Waals surface area contributed by atoms with Crippen molar-refractivity contribution in [3.05, 3.63) is 35.4 Å². The molecule has 0 heterocycles. The molecule has 0 aliphatic carbocycles. The van der Waals surface area contributed by atoms with Crippen molar-refractivity contribution in [3.63, 3.8) is 0 Å². The molecule has 2 N–H and O–H groups in total. The van der Waals surface area contributed by atoms with Gasteiger partial charge < -0.3 is 5.11 Å². The summed E-state index contributed by atoms with van der Waals surface area (Å²) in [5.74, 6) is 0.928. The molecule has 0 saturated carbocycles. The number of carbonyl (C=O) groups is 1. The van der Waals surface area contributed by atoms with Crippen LogP contribution in [-0.2, 0) is 11.5 Å². The summed E-state index contributed by atoms with van der Waals surface area (Å²) in [6.07, 6.45) is 0. The van der Waals surface area contributed by atoms with Crippen LogP contribution in [0, 0.1) is 0 Å². The second kappa shape index (κ2) is 9.53. The van der Waals surface area contributed by atoms with E-state index in [1.807, 2.05) is 0 Å². The monoisotopic (exact) mass is 262 g/mol. The second-order valence-electron chi connectivity index (χ2n) is 2.68. The van der Waals surface area contributed by atoms with Gasteiger partial charge in [-0.3, -0.25) is 4.89 Å². The van der Waals surface area contributed by atoms with Gasteiger partial charge in [0.2, 0.25) is 0 Å². The van der Waals surface area contributed by atoms with Crippen molar-refractivity contribution in [2.24, 2.45) is 0 Å². The van der Waals surface area contributed by atoms with Crippen LogP contribution < -0.4 is 0 Å². The minimum atomic E-state index is -0.828. The molecule has 90 valence electrons. The maximum absolute atomic E-state index is 10.7. The maximum atomic E-state index is 10.7. The topological polar surface area (TPSA) is 66.8 Å². The highest BCUT2D eigenvalue weighted by Gasteiger charge is 2.05. The number of aliphatic hydroxyl groups is 1. The summed E-state index contributed by atoms with van der Waals surface area (Å²) in [5.41, 5.74) is 0.807. The van der Waals surface area contributed by atoms with Crippen molar-refractivity contribution >= 4 is 31.2 Å². The van der Waals surface area contributed by atoms with Crippen molar-refractivity contribution in [1.29, 1.82) is 0 Å². The molecule has 0 fully saturated rings. The second-order valence-corrected chi connectivity index (χ2v) is 3.58. The SMILES string of the molecule is O=C(OO)c1cccc(CO)c1.SCCS. The molecule has 16 heavy (non-hydrogen) atoms. The van der Waals surface area contributed by atoms with Crippen molar-refractivity contribution in [2.45, 2.75) is 6.61 Å². The number of carbonyl (C=O) groups excluding carboxylic acids is 1. The van der Waals surface area contributed by atoms with Crippen LogP contribution in [0.15, 0.2) is 24.3 Å². The molecule has 4 nitrogen and oxygen atoms in total. The van der Waals surface area contributed by atoms with Gasteiger partial charge in [-0.15, -0.1) is 0 Å². The lowest BCUT2D eigenvalue weighted by Crippen LogP contribution is -2.01. The molecule has 0 radical (unpaired) electrons. The van der Waals surface area contributed by atoms with Gasteiger partial charge in [0.25, 0.3) is 0 Å². The van der Waals surface area contributed by atoms with Crippen molar-refractivity contribution < 1.29 is 20.0 Å². The molecule has 1 rings (SSSR count). The van der Waals surface area contributed by atoms with Gasteiger partial charge >= 0.3 is 5.97 Å². The zero-order valence-electron chi connectivity index (χ0n) is 8.54. The standard InChI is InChI=1S/C8H8O4.C2H6S2/c9-5-6-2-1-3-7(4-6)8(10)12-11;3-1-2-4/h1-4,9,11H,5H2;3-4H,1-2H2. The molecule has 1 aromatic carbocycles. The summed E-state index contributed by atoms with van der Waals surface area (Å²) >= 11 is 7.69. The molecule has 0 spiro atoms. The molecule has 0 aromatic heterocycles. The fraction of sp³-hybridized carbons (Fsp3) is 0.300. The van der Waals surface area contributed by atoms with Crippen LogP contribution in [0.3, 0.4) is 0 Å². The predicted molar refractivity (Wildman–Crippen MR) is 68.1 cm³/mol. The zero-order valence-corrected chi connectivity index (χ0v) is 10.3. The first-order valence-electron chi connectivity index (χ1n) is 4.46. The van der Waals surface area contributed by atoms with E-state index in [1.54, 1.807) is 12.1 Å². The quantitative estimate of drug-likeness (QED) is 0.380. The lowest BCUT2D eigenvalue weighted by atomic mass is 10.1. The molecule has 1 aromatic rings. The van der Waals surface area contributed by atoms with Crippen LogP contribution in [0.25, 0.3) is 0 Å². The lowest BCUT2D eigenvalue weighted by Gasteiger charge is -1.98. The highest BCUT2D eigenvalue weighted by molar-refractivity contribution is 7.84. The zero-order chi connectivity index (χ0) is 12.4. The van der Waals surface area contributed by atoms with E-state index in [9.17, 15) is 4.79 Å². The van der Waals surface area contributed by atoms with Gasteiger partial charge in [0, 0.05) is 0 Å². The Labute approximate surface area is 105 Å². The van der Waals surface area contributed by atoms with E-state index in [0.29, 0.717) is 5.56 Å². The number of hydrogen-bond donors (Lipinski definition) is 4. The Morgan fingerprint density at radius 3 is 2.38 bits per heavy atom. The molecule has 0 amide bonds. The fourth-order valence-corrected chi connectivity index (χ4v) is 0.849. The minimum absolute atomic E-state index is 0.146. The molecule has 0 saturated heterocycles. The van der Waals surface area contributed by atoms with E-state index >= 15 is 0 Å². The van der Waals surface area contributed by atoms with Crippen LogP contribution in [-0.4, -0.2) is 27.8 Å². The number of hydrogen-bond acceptors (Lipinski definition) is 6. The van der Waals surface area contributed by atoms with Crippen LogP contribution in [0.2, 0.25) is 0 Å². The first kappa shape index (κ1) is 15.3. The lowest BCUT2D eigenvalue weighted by molar-refractivity contribution is -0.182. The summed E-state index contributed by atoms with van der Waals surface area (Å²) in [7, 11) is 0. The van der Waals surface area contributed by atoms with E-state index in [0.717, 1.165) is 11.5 Å². The van der Waals surface area contributed by atoms with Crippen LogP contribution in [0.1, 0.15) is 15.9 Å². The predicted octanol–water partition coefficient (Wildman–Crippen LogP) is 1.65. The average Bonchev–Trinajstić information content (AvgIpc) is 2.38. The first-order chi connectivity index (χ1) is 7.69. The Balaban J connectivity index is 0.000000487. The van der Waals surface area contributed by atoms with Gasteiger partial charge in [0.05, 0.1) is 12.2 Å². The van der Waals surface area contributed by atoms with E-state index in [2.05, 4.69) is 30.1 Å². The average molecular weight is 262 g/mol. The molecular formula is C10H14O4S2. The summed E-state index contributed by atoms with van der Waals surface area (Å²) < 4.78 is 0. The highest BCUT2D eigenvalue weighted by Crippen LogP contribution is 2.05. The molecular weight excluding hydrogens is 248 g/mol. The Morgan fingerprint density at radius 2 is 1.94 bits per heavy atom. The van der Waals surface area contributed by atoms with E-state index in [1.165, 1.54) is 12.1 Å². The van der Waals surface area contributed by atoms with Gasteiger partial charge in [-0.05, 0) is 29.2 Å². The third kappa shape index (κ3) is 6.02.